The highest BCUT2D eigenvalue weighted by atomic mass is 35.5. The summed E-state index contributed by atoms with van der Waals surface area (Å²) in [5.74, 6) is 4.27. The first kappa shape index (κ1) is 24.0. The average Bonchev–Trinajstić information content (AvgIpc) is 3.25. The zero-order valence-electron chi connectivity index (χ0n) is 21.9. The van der Waals surface area contributed by atoms with Crippen LogP contribution in [0.1, 0.15) is 85.5 Å². The molecule has 0 aromatic heterocycles. The molecule has 1 N–H and O–H groups in total. The summed E-state index contributed by atoms with van der Waals surface area (Å²) in [5, 5.41) is 10.3. The summed E-state index contributed by atoms with van der Waals surface area (Å²) >= 11 is 6.24. The first-order valence-corrected chi connectivity index (χ1v) is 14.8. The van der Waals surface area contributed by atoms with Crippen molar-refractivity contribution in [3.8, 4) is 0 Å². The van der Waals surface area contributed by atoms with E-state index in [0.29, 0.717) is 29.4 Å². The molecule has 2 saturated heterocycles. The van der Waals surface area contributed by atoms with E-state index in [2.05, 4.69) is 38.7 Å². The molecule has 6 aliphatic rings. The van der Waals surface area contributed by atoms with Crippen LogP contribution in [0.15, 0.2) is 22.8 Å². The van der Waals surface area contributed by atoms with Gasteiger partial charge < -0.3 is 9.84 Å². The van der Waals surface area contributed by atoms with Crippen LogP contribution in [0.3, 0.4) is 0 Å². The number of halogens is 1. The normalized spacial score (nSPS) is 50.9. The van der Waals surface area contributed by atoms with Crippen molar-refractivity contribution in [2.24, 2.45) is 35.0 Å². The zero-order chi connectivity index (χ0) is 23.8. The summed E-state index contributed by atoms with van der Waals surface area (Å²) in [5.41, 5.74) is 5.34. The van der Waals surface area contributed by atoms with Crippen LogP contribution in [0.4, 0.5) is 0 Å². The molecule has 190 valence electrons. The zero-order valence-corrected chi connectivity index (χ0v) is 22.6. The number of hydrogen-bond acceptors (Lipinski definition) is 3. The summed E-state index contributed by atoms with van der Waals surface area (Å²) in [6.45, 7) is 12.0. The molecular weight excluding hydrogens is 442 g/mol. The second kappa shape index (κ2) is 8.61. The maximum Gasteiger partial charge on any atom is 0.0765 e. The lowest BCUT2D eigenvalue weighted by Gasteiger charge is -2.49. The van der Waals surface area contributed by atoms with Crippen LogP contribution >= 0.6 is 11.6 Å². The summed E-state index contributed by atoms with van der Waals surface area (Å²) in [7, 11) is 0. The fraction of sp³-hybridized carbons (Fsp3) is 0.867. The minimum absolute atomic E-state index is 0.00932. The molecule has 6 rings (SSSR count). The SMILES string of the molecule is CC1=C2C[C@H]3C(CC=C4C[C@@H](O)CCC43C)[C@@H]2CCC2(C1)O[C@@H]1CC(C)CN(CCCl)[C@H]1[C@H]2C. The molecule has 0 aromatic carbocycles. The number of hydrogen-bond donors (Lipinski definition) is 1. The second-order valence-electron chi connectivity index (χ2n) is 13.4. The van der Waals surface area contributed by atoms with Gasteiger partial charge in [0.1, 0.15) is 0 Å². The van der Waals surface area contributed by atoms with Gasteiger partial charge in [0.05, 0.1) is 17.8 Å². The van der Waals surface area contributed by atoms with E-state index in [1.54, 1.807) is 16.7 Å². The number of rotatable bonds is 2. The standard InChI is InChI=1S/C30H46ClNO2/c1-18-13-27-28(32(17-18)12-11-31)20(3)30(34-27)10-8-23-24-6-5-21-14-22(33)7-9-29(21,4)26(24)15-25(23)19(2)16-30/h5,18,20,22-24,26-28,33H,6-17H2,1-4H3/t18?,20-,22+,23+,24?,26+,27-,28+,29?,30?/m1/s1. The van der Waals surface area contributed by atoms with Crippen molar-refractivity contribution >= 4 is 11.6 Å². The molecular formula is C30H46ClNO2. The van der Waals surface area contributed by atoms with Crippen molar-refractivity contribution in [1.82, 2.24) is 4.90 Å². The molecule has 0 amide bonds. The van der Waals surface area contributed by atoms with Gasteiger partial charge in [0.2, 0.25) is 0 Å². The largest absolute Gasteiger partial charge is 0.393 e. The van der Waals surface area contributed by atoms with Crippen molar-refractivity contribution in [3.05, 3.63) is 22.8 Å². The van der Waals surface area contributed by atoms with Crippen molar-refractivity contribution in [3.63, 3.8) is 0 Å². The Kier molecular flexibility index (Phi) is 6.08. The van der Waals surface area contributed by atoms with E-state index in [1.807, 2.05) is 0 Å². The van der Waals surface area contributed by atoms with Crippen LogP contribution in [0.5, 0.6) is 0 Å². The number of allylic oxidation sites excluding steroid dienone is 2. The molecule has 0 aromatic rings. The fourth-order valence-electron chi connectivity index (χ4n) is 9.95. The van der Waals surface area contributed by atoms with Crippen LogP contribution < -0.4 is 0 Å². The number of aliphatic hydroxyl groups is 1. The van der Waals surface area contributed by atoms with Gasteiger partial charge >= 0.3 is 0 Å². The van der Waals surface area contributed by atoms with E-state index in [1.165, 1.54) is 45.1 Å². The Labute approximate surface area is 212 Å². The maximum atomic E-state index is 10.3. The van der Waals surface area contributed by atoms with Gasteiger partial charge in [-0.25, -0.2) is 0 Å². The molecule has 2 saturated carbocycles. The van der Waals surface area contributed by atoms with Crippen LogP contribution in [-0.4, -0.2) is 52.8 Å². The highest BCUT2D eigenvalue weighted by Gasteiger charge is 2.59. The third-order valence-electron chi connectivity index (χ3n) is 11.6. The lowest BCUT2D eigenvalue weighted by molar-refractivity contribution is -0.0789. The van der Waals surface area contributed by atoms with Crippen molar-refractivity contribution in [2.45, 2.75) is 109 Å². The number of likely N-dealkylation sites (tertiary alicyclic amines) is 1. The molecule has 2 heterocycles. The summed E-state index contributed by atoms with van der Waals surface area (Å²) in [4.78, 5) is 2.67. The Hall–Kier alpha value is -0.350. The van der Waals surface area contributed by atoms with Gasteiger partial charge in [-0.1, -0.05) is 43.6 Å². The Balaban J connectivity index is 1.27. The molecule has 0 bridgehead atoms. The highest BCUT2D eigenvalue weighted by molar-refractivity contribution is 6.18. The van der Waals surface area contributed by atoms with Crippen molar-refractivity contribution < 1.29 is 9.84 Å². The second-order valence-corrected chi connectivity index (χ2v) is 13.8. The first-order chi connectivity index (χ1) is 16.3. The van der Waals surface area contributed by atoms with Crippen LogP contribution in [0.25, 0.3) is 0 Å². The Morgan fingerprint density at radius 3 is 2.82 bits per heavy atom. The van der Waals surface area contributed by atoms with Crippen molar-refractivity contribution in [2.75, 3.05) is 19.0 Å². The average molecular weight is 488 g/mol. The van der Waals surface area contributed by atoms with Gasteiger partial charge in [-0.15, -0.1) is 11.6 Å². The van der Waals surface area contributed by atoms with E-state index in [0.717, 1.165) is 49.4 Å². The van der Waals surface area contributed by atoms with E-state index < -0.39 is 0 Å². The lowest BCUT2D eigenvalue weighted by atomic mass is 9.56. The van der Waals surface area contributed by atoms with Gasteiger partial charge in [0.15, 0.2) is 0 Å². The number of nitrogens with zero attached hydrogens (tertiary/aromatic N) is 1. The summed E-state index contributed by atoms with van der Waals surface area (Å²) < 4.78 is 7.16. The van der Waals surface area contributed by atoms with Gasteiger partial charge in [0, 0.05) is 30.9 Å². The molecule has 2 aliphatic heterocycles. The number of aliphatic hydroxyl groups excluding tert-OH is 1. The fourth-order valence-corrected chi connectivity index (χ4v) is 10.2. The van der Waals surface area contributed by atoms with E-state index in [9.17, 15) is 5.11 Å². The predicted octanol–water partition coefficient (Wildman–Crippen LogP) is 6.34. The minimum atomic E-state index is -0.116. The Morgan fingerprint density at radius 2 is 2.03 bits per heavy atom. The highest BCUT2D eigenvalue weighted by Crippen LogP contribution is 2.63. The van der Waals surface area contributed by atoms with E-state index >= 15 is 0 Å². The van der Waals surface area contributed by atoms with Gasteiger partial charge in [-0.05, 0) is 93.8 Å². The van der Waals surface area contributed by atoms with Gasteiger partial charge in [-0.2, -0.15) is 0 Å². The van der Waals surface area contributed by atoms with Crippen LogP contribution in [0, 0.1) is 35.0 Å². The lowest BCUT2D eigenvalue weighted by Crippen LogP contribution is -2.52. The molecule has 10 atom stereocenters. The maximum absolute atomic E-state index is 10.3. The monoisotopic (exact) mass is 487 g/mol. The number of alkyl halides is 1. The number of fused-ring (bicyclic) bond motifs is 6. The van der Waals surface area contributed by atoms with E-state index in [-0.39, 0.29) is 11.7 Å². The van der Waals surface area contributed by atoms with Gasteiger partial charge in [0.25, 0.3) is 0 Å². The van der Waals surface area contributed by atoms with Crippen LogP contribution in [0.2, 0.25) is 0 Å². The van der Waals surface area contributed by atoms with Crippen LogP contribution in [-0.2, 0) is 4.74 Å². The smallest absolute Gasteiger partial charge is 0.0765 e. The third-order valence-corrected chi connectivity index (χ3v) is 11.8. The quantitative estimate of drug-likeness (QED) is 0.364. The third kappa shape index (κ3) is 3.54. The van der Waals surface area contributed by atoms with Crippen molar-refractivity contribution in [1.29, 1.82) is 0 Å². The molecule has 0 radical (unpaired) electrons. The first-order valence-electron chi connectivity index (χ1n) is 14.3. The molecule has 4 fully saturated rings. The Morgan fingerprint density at radius 1 is 1.21 bits per heavy atom. The molecule has 4 unspecified atom stereocenters. The molecule has 1 spiro atoms. The number of piperidine rings is 1. The number of ether oxygens (including phenoxy) is 1. The summed E-state index contributed by atoms with van der Waals surface area (Å²) in [6.07, 6.45) is 13.2. The summed E-state index contributed by atoms with van der Waals surface area (Å²) in [6, 6.07) is 0.534. The van der Waals surface area contributed by atoms with E-state index in [4.69, 9.17) is 16.3 Å². The minimum Gasteiger partial charge on any atom is -0.393 e. The Bertz CT molecular complexity index is 883. The molecule has 34 heavy (non-hydrogen) atoms. The predicted molar refractivity (Wildman–Crippen MR) is 139 cm³/mol. The molecule has 4 aliphatic carbocycles. The molecule has 4 heteroatoms. The topological polar surface area (TPSA) is 32.7 Å². The van der Waals surface area contributed by atoms with Gasteiger partial charge in [-0.3, -0.25) is 4.90 Å². The molecule has 3 nitrogen and oxygen atoms in total.